The molecule has 3 N–H and O–H groups in total. The minimum absolute atomic E-state index is 0.0533. The van der Waals surface area contributed by atoms with Crippen LogP contribution >= 0.6 is 0 Å². The second-order valence-electron chi connectivity index (χ2n) is 7.81. The van der Waals surface area contributed by atoms with E-state index in [-0.39, 0.29) is 23.7 Å². The highest BCUT2D eigenvalue weighted by Crippen LogP contribution is 2.58. The first kappa shape index (κ1) is 16.6. The minimum atomic E-state index is -1.10. The number of ketones is 1. The maximum atomic E-state index is 12.2. The molecule has 0 aromatic carbocycles. The average molecular weight is 318 g/mol. The van der Waals surface area contributed by atoms with Gasteiger partial charge in [0.25, 0.3) is 0 Å². The van der Waals surface area contributed by atoms with Gasteiger partial charge in [0, 0.05) is 5.41 Å². The molecule has 0 saturated heterocycles. The fourth-order valence-electron chi connectivity index (χ4n) is 4.84. The number of hydrogen-bond donors (Lipinski definition) is 3. The van der Waals surface area contributed by atoms with Crippen molar-refractivity contribution in [2.75, 3.05) is 6.61 Å². The molecule has 5 atom stereocenters. The van der Waals surface area contributed by atoms with Gasteiger partial charge in [-0.05, 0) is 54.2 Å². The third-order valence-electron chi connectivity index (χ3n) is 6.45. The highest BCUT2D eigenvalue weighted by molar-refractivity contribution is 5.96. The van der Waals surface area contributed by atoms with Crippen molar-refractivity contribution in [3.63, 3.8) is 0 Å². The van der Waals surface area contributed by atoms with Crippen LogP contribution < -0.4 is 0 Å². The predicted molar refractivity (Wildman–Crippen MR) is 87.6 cm³/mol. The van der Waals surface area contributed by atoms with Crippen molar-refractivity contribution in [1.82, 2.24) is 0 Å². The third kappa shape index (κ3) is 2.27. The van der Waals surface area contributed by atoms with Gasteiger partial charge in [0.1, 0.15) is 6.10 Å². The topological polar surface area (TPSA) is 77.8 Å². The smallest absolute Gasteiger partial charge is 0.185 e. The van der Waals surface area contributed by atoms with Gasteiger partial charge in [-0.2, -0.15) is 0 Å². The Balaban J connectivity index is 2.14. The maximum Gasteiger partial charge on any atom is 0.185 e. The van der Waals surface area contributed by atoms with Gasteiger partial charge in [0.15, 0.2) is 5.78 Å². The predicted octanol–water partition coefficient (Wildman–Crippen LogP) is 1.91. The summed E-state index contributed by atoms with van der Waals surface area (Å²) in [6.07, 6.45) is 4.42. The highest BCUT2D eigenvalue weighted by atomic mass is 16.3. The molecule has 3 aliphatic rings. The van der Waals surface area contributed by atoms with Crippen LogP contribution in [0.2, 0.25) is 0 Å². The molecule has 0 aliphatic heterocycles. The number of fused-ring (bicyclic) bond motifs is 2. The van der Waals surface area contributed by atoms with E-state index in [4.69, 9.17) is 0 Å². The lowest BCUT2D eigenvalue weighted by Gasteiger charge is -2.53. The van der Waals surface area contributed by atoms with Crippen LogP contribution in [0.3, 0.4) is 0 Å². The molecular weight excluding hydrogens is 292 g/mol. The second kappa shape index (κ2) is 5.40. The lowest BCUT2D eigenvalue weighted by molar-refractivity contribution is -0.132. The summed E-state index contributed by atoms with van der Waals surface area (Å²) in [6.45, 7) is 7.76. The molecule has 5 unspecified atom stereocenters. The van der Waals surface area contributed by atoms with E-state index in [1.165, 1.54) is 6.08 Å². The molecule has 0 fully saturated rings. The fraction of sp³-hybridized carbons (Fsp3) is 0.632. The summed E-state index contributed by atoms with van der Waals surface area (Å²) in [5, 5.41) is 31.0. The third-order valence-corrected chi connectivity index (χ3v) is 6.45. The number of carbonyl (C=O) groups is 1. The summed E-state index contributed by atoms with van der Waals surface area (Å²) in [5.74, 6) is -0.532. The van der Waals surface area contributed by atoms with Crippen molar-refractivity contribution >= 4 is 5.78 Å². The second-order valence-corrected chi connectivity index (χ2v) is 7.81. The van der Waals surface area contributed by atoms with Gasteiger partial charge >= 0.3 is 0 Å². The van der Waals surface area contributed by atoms with Crippen LogP contribution in [-0.2, 0) is 4.79 Å². The highest BCUT2D eigenvalue weighted by Gasteiger charge is 2.55. The maximum absolute atomic E-state index is 12.2. The van der Waals surface area contributed by atoms with E-state index in [1.54, 1.807) is 0 Å². The van der Waals surface area contributed by atoms with Crippen molar-refractivity contribution in [2.45, 2.75) is 51.7 Å². The summed E-state index contributed by atoms with van der Waals surface area (Å²) in [6, 6.07) is 0. The molecule has 4 nitrogen and oxygen atoms in total. The molecule has 0 heterocycles. The van der Waals surface area contributed by atoms with Crippen molar-refractivity contribution in [3.8, 4) is 0 Å². The Hall–Kier alpha value is -1.23. The molecule has 0 aromatic heterocycles. The van der Waals surface area contributed by atoms with Crippen LogP contribution in [0.5, 0.6) is 0 Å². The number of aliphatic hydroxyl groups excluding tert-OH is 3. The molecule has 0 spiro atoms. The van der Waals surface area contributed by atoms with Crippen LogP contribution in [-0.4, -0.2) is 39.9 Å². The number of aliphatic hydroxyl groups is 3. The van der Waals surface area contributed by atoms with E-state index >= 15 is 0 Å². The van der Waals surface area contributed by atoms with Gasteiger partial charge in [0.2, 0.25) is 0 Å². The van der Waals surface area contributed by atoms with Crippen LogP contribution in [0.25, 0.3) is 0 Å². The van der Waals surface area contributed by atoms with Gasteiger partial charge in [-0.1, -0.05) is 25.5 Å². The Labute approximate surface area is 137 Å². The molecule has 0 radical (unpaired) electrons. The molecule has 4 heteroatoms. The first-order valence-corrected chi connectivity index (χ1v) is 8.34. The van der Waals surface area contributed by atoms with E-state index in [9.17, 15) is 20.1 Å². The van der Waals surface area contributed by atoms with E-state index in [0.717, 1.165) is 24.0 Å². The standard InChI is InChI=1S/C19H26O4/c1-4-18(2)6-5-13-12(9-18)15(21)8-14-11(10-20)7-16(22)17(23)19(13,14)3/h4,7,14-15,17,20-21,23H,1,5-6,8-10H2,2-3H3. The van der Waals surface area contributed by atoms with E-state index < -0.39 is 17.6 Å². The van der Waals surface area contributed by atoms with Crippen LogP contribution in [0.1, 0.15) is 39.5 Å². The van der Waals surface area contributed by atoms with Gasteiger partial charge < -0.3 is 15.3 Å². The van der Waals surface area contributed by atoms with Crippen molar-refractivity contribution in [3.05, 3.63) is 35.5 Å². The van der Waals surface area contributed by atoms with Crippen molar-refractivity contribution in [1.29, 1.82) is 0 Å². The Morgan fingerprint density at radius 3 is 2.70 bits per heavy atom. The molecule has 0 bridgehead atoms. The molecule has 3 rings (SSSR count). The SMILES string of the molecule is C=CC1(C)CCC2=C(C1)C(O)CC1C(CO)=CC(=O)C(O)C21C. The molecule has 0 aromatic rings. The Kier molecular flexibility index (Phi) is 3.90. The lowest BCUT2D eigenvalue weighted by Crippen LogP contribution is -2.54. The largest absolute Gasteiger partial charge is 0.392 e. The zero-order valence-electron chi connectivity index (χ0n) is 13.9. The molecule has 0 saturated carbocycles. The molecule has 126 valence electrons. The Morgan fingerprint density at radius 2 is 2.09 bits per heavy atom. The fourth-order valence-corrected chi connectivity index (χ4v) is 4.84. The van der Waals surface area contributed by atoms with Gasteiger partial charge in [0.05, 0.1) is 12.7 Å². The molecular formula is C19H26O4. The lowest BCUT2D eigenvalue weighted by atomic mass is 9.52. The number of hydrogen-bond acceptors (Lipinski definition) is 4. The van der Waals surface area contributed by atoms with E-state index in [1.807, 2.05) is 13.0 Å². The molecule has 0 amide bonds. The number of carbonyl (C=O) groups excluding carboxylic acids is 1. The summed E-state index contributed by atoms with van der Waals surface area (Å²) < 4.78 is 0. The van der Waals surface area contributed by atoms with Crippen LogP contribution in [0.15, 0.2) is 35.5 Å². The summed E-state index contributed by atoms with van der Waals surface area (Å²) in [7, 11) is 0. The van der Waals surface area contributed by atoms with Gasteiger partial charge in [-0.25, -0.2) is 0 Å². The average Bonchev–Trinajstić information content (AvgIpc) is 2.54. The summed E-state index contributed by atoms with van der Waals surface area (Å²) in [5.41, 5.74) is 1.83. The first-order chi connectivity index (χ1) is 10.8. The van der Waals surface area contributed by atoms with Crippen LogP contribution in [0, 0.1) is 16.7 Å². The van der Waals surface area contributed by atoms with Crippen molar-refractivity contribution in [2.24, 2.45) is 16.7 Å². The zero-order valence-corrected chi connectivity index (χ0v) is 13.9. The normalized spacial score (nSPS) is 43.6. The quantitative estimate of drug-likeness (QED) is 0.680. The summed E-state index contributed by atoms with van der Waals surface area (Å²) >= 11 is 0. The minimum Gasteiger partial charge on any atom is -0.392 e. The molecule has 23 heavy (non-hydrogen) atoms. The monoisotopic (exact) mass is 318 g/mol. The van der Waals surface area contributed by atoms with E-state index in [0.29, 0.717) is 18.4 Å². The first-order valence-electron chi connectivity index (χ1n) is 8.34. The Bertz CT molecular complexity index is 617. The molecule has 3 aliphatic carbocycles. The van der Waals surface area contributed by atoms with Gasteiger partial charge in [-0.3, -0.25) is 4.79 Å². The van der Waals surface area contributed by atoms with Gasteiger partial charge in [-0.15, -0.1) is 6.58 Å². The zero-order chi connectivity index (χ0) is 17.0. The summed E-state index contributed by atoms with van der Waals surface area (Å²) in [4.78, 5) is 12.2. The van der Waals surface area contributed by atoms with Crippen molar-refractivity contribution < 1.29 is 20.1 Å². The number of rotatable bonds is 2. The number of allylic oxidation sites excluding steroid dienone is 1. The van der Waals surface area contributed by atoms with Crippen LogP contribution in [0.4, 0.5) is 0 Å². The van der Waals surface area contributed by atoms with E-state index in [2.05, 4.69) is 13.5 Å². The Morgan fingerprint density at radius 1 is 1.39 bits per heavy atom.